The van der Waals surface area contributed by atoms with Crippen LogP contribution in [0.4, 0.5) is 8.78 Å². The summed E-state index contributed by atoms with van der Waals surface area (Å²) in [6.45, 7) is 0.0703. The number of alkyl halides is 2. The first-order chi connectivity index (χ1) is 6.06. The van der Waals surface area contributed by atoms with Gasteiger partial charge in [0.15, 0.2) is 0 Å². The van der Waals surface area contributed by atoms with E-state index in [4.69, 9.17) is 17.3 Å². The lowest BCUT2D eigenvalue weighted by Gasteiger charge is -2.07. The topological polar surface area (TPSA) is 38.9 Å². The zero-order chi connectivity index (χ0) is 10.0. The van der Waals surface area contributed by atoms with Gasteiger partial charge in [0.25, 0.3) is 6.43 Å². The Morgan fingerprint density at radius 3 is 2.69 bits per heavy atom. The smallest absolute Gasteiger partial charge is 0.265 e. The summed E-state index contributed by atoms with van der Waals surface area (Å²) in [5.74, 6) is 0. The van der Waals surface area contributed by atoms with E-state index in [9.17, 15) is 8.78 Å². The number of aromatic nitrogens is 1. The molecule has 72 valence electrons. The Morgan fingerprint density at radius 1 is 1.62 bits per heavy atom. The van der Waals surface area contributed by atoms with Crippen molar-refractivity contribution in [2.24, 2.45) is 5.73 Å². The second-order valence-electron chi connectivity index (χ2n) is 2.30. The Morgan fingerprint density at radius 2 is 2.23 bits per heavy atom. The van der Waals surface area contributed by atoms with E-state index in [1.807, 2.05) is 0 Å². The highest BCUT2D eigenvalue weighted by Crippen LogP contribution is 2.30. The molecule has 13 heavy (non-hydrogen) atoms. The van der Waals surface area contributed by atoms with Gasteiger partial charge in [-0.05, 0) is 22.0 Å². The summed E-state index contributed by atoms with van der Waals surface area (Å²) in [4.78, 5) is 3.79. The maximum absolute atomic E-state index is 12.4. The molecule has 1 heterocycles. The molecule has 0 aliphatic heterocycles. The molecular weight excluding hydrogens is 265 g/mol. The third-order valence-corrected chi connectivity index (χ3v) is 2.56. The molecule has 1 aromatic heterocycles. The fraction of sp³-hybridized carbons (Fsp3) is 0.286. The molecule has 0 aromatic carbocycles. The van der Waals surface area contributed by atoms with E-state index in [-0.39, 0.29) is 21.7 Å². The minimum atomic E-state index is -2.58. The van der Waals surface area contributed by atoms with E-state index in [1.165, 1.54) is 0 Å². The Balaban J connectivity index is 3.27. The largest absolute Gasteiger partial charge is 0.325 e. The maximum atomic E-state index is 12.4. The fourth-order valence-corrected chi connectivity index (χ4v) is 1.62. The van der Waals surface area contributed by atoms with Gasteiger partial charge in [-0.25, -0.2) is 13.8 Å². The highest BCUT2D eigenvalue weighted by atomic mass is 79.9. The first-order valence-electron chi connectivity index (χ1n) is 3.39. The number of hydrogen-bond acceptors (Lipinski definition) is 2. The van der Waals surface area contributed by atoms with Crippen LogP contribution < -0.4 is 5.73 Å². The van der Waals surface area contributed by atoms with Crippen LogP contribution in [0.1, 0.15) is 17.7 Å². The lowest BCUT2D eigenvalue weighted by molar-refractivity contribution is 0.150. The molecule has 0 radical (unpaired) electrons. The van der Waals surface area contributed by atoms with Crippen LogP contribution in [0.2, 0.25) is 5.15 Å². The summed E-state index contributed by atoms with van der Waals surface area (Å²) in [5.41, 5.74) is 5.45. The summed E-state index contributed by atoms with van der Waals surface area (Å²) in [6.07, 6.45) is -2.58. The lowest BCUT2D eigenvalue weighted by Crippen LogP contribution is -2.03. The molecule has 0 aliphatic carbocycles. The minimum Gasteiger partial charge on any atom is -0.325 e. The molecule has 0 atom stereocenters. The molecule has 0 aliphatic rings. The van der Waals surface area contributed by atoms with Crippen molar-refractivity contribution in [1.29, 1.82) is 0 Å². The van der Waals surface area contributed by atoms with Crippen LogP contribution in [0.3, 0.4) is 0 Å². The highest BCUT2D eigenvalue weighted by Gasteiger charge is 2.16. The fourth-order valence-electron chi connectivity index (χ4n) is 0.863. The number of rotatable bonds is 2. The third kappa shape index (κ3) is 2.36. The van der Waals surface area contributed by atoms with Crippen molar-refractivity contribution in [2.45, 2.75) is 13.0 Å². The van der Waals surface area contributed by atoms with Crippen LogP contribution in [0, 0.1) is 0 Å². The second-order valence-corrected chi connectivity index (χ2v) is 3.48. The molecule has 0 spiro atoms. The van der Waals surface area contributed by atoms with Crippen LogP contribution >= 0.6 is 27.5 Å². The van der Waals surface area contributed by atoms with Gasteiger partial charge in [-0.1, -0.05) is 11.6 Å². The van der Waals surface area contributed by atoms with Crippen molar-refractivity contribution in [3.8, 4) is 0 Å². The van der Waals surface area contributed by atoms with Crippen LogP contribution in [0.25, 0.3) is 0 Å². The van der Waals surface area contributed by atoms with Gasteiger partial charge in [0.1, 0.15) is 5.15 Å². The number of nitrogens with zero attached hydrogens (tertiary/aromatic N) is 1. The molecule has 1 rings (SSSR count). The summed E-state index contributed by atoms with van der Waals surface area (Å²) in [5, 5.41) is 0.0268. The molecule has 6 heteroatoms. The van der Waals surface area contributed by atoms with Gasteiger partial charge in [-0.3, -0.25) is 0 Å². The van der Waals surface area contributed by atoms with Crippen LogP contribution in [-0.4, -0.2) is 4.98 Å². The molecule has 0 amide bonds. The monoisotopic (exact) mass is 270 g/mol. The highest BCUT2D eigenvalue weighted by molar-refractivity contribution is 9.10. The average molecular weight is 271 g/mol. The molecule has 0 saturated carbocycles. The summed E-state index contributed by atoms with van der Waals surface area (Å²) < 4.78 is 25.0. The standard InChI is InChI=1S/C7H6BrClF2N2/c8-6-3(7(10)11)1-5(9)13-4(6)2-12/h1,7H,2,12H2. The van der Waals surface area contributed by atoms with Crippen LogP contribution in [-0.2, 0) is 6.54 Å². The van der Waals surface area contributed by atoms with E-state index < -0.39 is 6.43 Å². The van der Waals surface area contributed by atoms with Gasteiger partial charge in [0.2, 0.25) is 0 Å². The van der Waals surface area contributed by atoms with E-state index in [2.05, 4.69) is 20.9 Å². The quantitative estimate of drug-likeness (QED) is 0.840. The van der Waals surface area contributed by atoms with Crippen LogP contribution in [0.5, 0.6) is 0 Å². The van der Waals surface area contributed by atoms with Gasteiger partial charge in [0.05, 0.1) is 5.69 Å². The van der Waals surface area contributed by atoms with Crippen molar-refractivity contribution < 1.29 is 8.78 Å². The number of nitrogens with two attached hydrogens (primary N) is 1. The first-order valence-corrected chi connectivity index (χ1v) is 4.56. The molecule has 0 bridgehead atoms. The molecule has 2 N–H and O–H groups in total. The maximum Gasteiger partial charge on any atom is 0.265 e. The molecular formula is C7H6BrClF2N2. The van der Waals surface area contributed by atoms with E-state index >= 15 is 0 Å². The lowest BCUT2D eigenvalue weighted by atomic mass is 10.2. The minimum absolute atomic E-state index is 0.0268. The van der Waals surface area contributed by atoms with E-state index in [1.54, 1.807) is 0 Å². The average Bonchev–Trinajstić information content (AvgIpc) is 2.08. The summed E-state index contributed by atoms with van der Waals surface area (Å²) >= 11 is 8.52. The zero-order valence-corrected chi connectivity index (χ0v) is 8.74. The number of pyridine rings is 1. The predicted octanol–water partition coefficient (Wildman–Crippen LogP) is 2.89. The molecule has 1 aromatic rings. The van der Waals surface area contributed by atoms with Gasteiger partial charge in [0, 0.05) is 16.6 Å². The summed E-state index contributed by atoms with van der Waals surface area (Å²) in [7, 11) is 0. The van der Waals surface area contributed by atoms with Gasteiger partial charge >= 0.3 is 0 Å². The Labute approximate surface area is 87.2 Å². The van der Waals surface area contributed by atoms with Crippen molar-refractivity contribution in [3.05, 3.63) is 26.9 Å². The first kappa shape index (κ1) is 10.8. The zero-order valence-electron chi connectivity index (χ0n) is 6.40. The van der Waals surface area contributed by atoms with Crippen molar-refractivity contribution in [3.63, 3.8) is 0 Å². The second kappa shape index (κ2) is 4.30. The van der Waals surface area contributed by atoms with E-state index in [0.29, 0.717) is 5.69 Å². The van der Waals surface area contributed by atoms with Gasteiger partial charge < -0.3 is 5.73 Å². The normalized spacial score (nSPS) is 10.9. The Hall–Kier alpha value is -0.260. The van der Waals surface area contributed by atoms with Gasteiger partial charge in [-0.15, -0.1) is 0 Å². The molecule has 0 fully saturated rings. The van der Waals surface area contributed by atoms with Crippen molar-refractivity contribution >= 4 is 27.5 Å². The number of hydrogen-bond donors (Lipinski definition) is 1. The molecule has 0 unspecified atom stereocenters. The van der Waals surface area contributed by atoms with Crippen LogP contribution in [0.15, 0.2) is 10.5 Å². The third-order valence-electron chi connectivity index (χ3n) is 1.45. The Kier molecular flexibility index (Phi) is 3.58. The van der Waals surface area contributed by atoms with E-state index in [0.717, 1.165) is 6.07 Å². The number of halogens is 4. The summed E-state index contributed by atoms with van der Waals surface area (Å²) in [6, 6.07) is 1.12. The predicted molar refractivity (Wildman–Crippen MR) is 49.8 cm³/mol. The molecule has 2 nitrogen and oxygen atoms in total. The Bertz CT molecular complexity index is 320. The van der Waals surface area contributed by atoms with Crippen molar-refractivity contribution in [2.75, 3.05) is 0 Å². The molecule has 0 saturated heterocycles. The van der Waals surface area contributed by atoms with Crippen molar-refractivity contribution in [1.82, 2.24) is 4.98 Å². The van der Waals surface area contributed by atoms with Gasteiger partial charge in [-0.2, -0.15) is 0 Å². The SMILES string of the molecule is NCc1nc(Cl)cc(C(F)F)c1Br.